The van der Waals surface area contributed by atoms with Crippen molar-refractivity contribution in [1.29, 1.82) is 0 Å². The Morgan fingerprint density at radius 2 is 1.95 bits per heavy atom. The smallest absolute Gasteiger partial charge is 0.310 e. The number of sulfonamides is 1. The topological polar surface area (TPSA) is 63.7 Å². The van der Waals surface area contributed by atoms with E-state index in [0.717, 1.165) is 25.7 Å². The van der Waals surface area contributed by atoms with Gasteiger partial charge in [0.25, 0.3) is 0 Å². The minimum atomic E-state index is -3.40. The predicted octanol–water partition coefficient (Wildman–Crippen LogP) is 2.17. The number of hydrogen-bond acceptors (Lipinski definition) is 4. The number of methoxy groups -OCH3 is 1. The molecule has 6 heteroatoms. The molecule has 0 aromatic heterocycles. The highest BCUT2D eigenvalue weighted by Gasteiger charge is 2.48. The lowest BCUT2D eigenvalue weighted by Gasteiger charge is -2.28. The Morgan fingerprint density at radius 3 is 2.48 bits per heavy atom. The van der Waals surface area contributed by atoms with E-state index < -0.39 is 21.2 Å². The molecule has 122 valence electrons. The maximum Gasteiger partial charge on any atom is 0.310 e. The standard InChI is InChI=1S/C15H27NO4S/c1-4-15(5-2)9-10-16(11-15)21(18,19)13-8-6-7-12(13)14(17)20-3/h12-13H,4-11H2,1-3H3. The predicted molar refractivity (Wildman–Crippen MR) is 81.3 cm³/mol. The first-order chi connectivity index (χ1) is 9.90. The van der Waals surface area contributed by atoms with Gasteiger partial charge in [-0.1, -0.05) is 20.3 Å². The largest absolute Gasteiger partial charge is 0.469 e. The van der Waals surface area contributed by atoms with E-state index in [1.54, 1.807) is 4.31 Å². The number of ether oxygens (including phenoxy) is 1. The zero-order valence-electron chi connectivity index (χ0n) is 13.3. The first kappa shape index (κ1) is 16.7. The molecule has 0 N–H and O–H groups in total. The molecule has 2 rings (SSSR count). The second kappa shape index (κ2) is 6.24. The van der Waals surface area contributed by atoms with Crippen molar-refractivity contribution >= 4 is 16.0 Å². The molecular weight excluding hydrogens is 290 g/mol. The summed E-state index contributed by atoms with van der Waals surface area (Å²) >= 11 is 0. The molecule has 0 radical (unpaired) electrons. The Hall–Kier alpha value is -0.620. The number of carbonyl (C=O) groups is 1. The Balaban J connectivity index is 2.17. The zero-order valence-corrected chi connectivity index (χ0v) is 14.1. The summed E-state index contributed by atoms with van der Waals surface area (Å²) in [6.07, 6.45) is 4.90. The van der Waals surface area contributed by atoms with E-state index in [4.69, 9.17) is 4.74 Å². The van der Waals surface area contributed by atoms with E-state index in [0.29, 0.717) is 25.9 Å². The first-order valence-electron chi connectivity index (χ1n) is 7.97. The highest BCUT2D eigenvalue weighted by Crippen LogP contribution is 2.41. The van der Waals surface area contributed by atoms with E-state index in [2.05, 4.69) is 13.8 Å². The van der Waals surface area contributed by atoms with Crippen LogP contribution in [-0.4, -0.2) is 44.1 Å². The van der Waals surface area contributed by atoms with Crippen molar-refractivity contribution < 1.29 is 17.9 Å². The number of hydrogen-bond donors (Lipinski definition) is 0. The summed E-state index contributed by atoms with van der Waals surface area (Å²) < 4.78 is 32.2. The SMILES string of the molecule is CCC1(CC)CCN(S(=O)(=O)C2CCCC2C(=O)OC)C1. The van der Waals surface area contributed by atoms with Crippen LogP contribution in [0.4, 0.5) is 0 Å². The van der Waals surface area contributed by atoms with Crippen LogP contribution in [0.1, 0.15) is 52.4 Å². The Labute approximate surface area is 128 Å². The van der Waals surface area contributed by atoms with Crippen molar-refractivity contribution in [3.05, 3.63) is 0 Å². The van der Waals surface area contributed by atoms with Gasteiger partial charge in [-0.05, 0) is 37.5 Å². The first-order valence-corrected chi connectivity index (χ1v) is 9.47. The van der Waals surface area contributed by atoms with Crippen LogP contribution < -0.4 is 0 Å². The summed E-state index contributed by atoms with van der Waals surface area (Å²) in [7, 11) is -2.07. The maximum absolute atomic E-state index is 12.9. The Bertz CT molecular complexity index is 484. The number of carbonyl (C=O) groups excluding carboxylic acids is 1. The van der Waals surface area contributed by atoms with Crippen molar-refractivity contribution in [2.24, 2.45) is 11.3 Å². The summed E-state index contributed by atoms with van der Waals surface area (Å²) in [6.45, 7) is 5.46. The van der Waals surface area contributed by atoms with Gasteiger partial charge in [-0.3, -0.25) is 4.79 Å². The van der Waals surface area contributed by atoms with Gasteiger partial charge < -0.3 is 4.74 Å². The fraction of sp³-hybridized carbons (Fsp3) is 0.933. The van der Waals surface area contributed by atoms with E-state index in [1.807, 2.05) is 0 Å². The normalized spacial score (nSPS) is 29.7. The van der Waals surface area contributed by atoms with Gasteiger partial charge in [0, 0.05) is 13.1 Å². The molecule has 2 fully saturated rings. The maximum atomic E-state index is 12.9. The molecule has 1 aliphatic heterocycles. The minimum Gasteiger partial charge on any atom is -0.469 e. The Morgan fingerprint density at radius 1 is 1.29 bits per heavy atom. The zero-order chi connectivity index (χ0) is 15.7. The number of nitrogens with zero attached hydrogens (tertiary/aromatic N) is 1. The third kappa shape index (κ3) is 2.97. The molecule has 1 saturated heterocycles. The highest BCUT2D eigenvalue weighted by atomic mass is 32.2. The van der Waals surface area contributed by atoms with E-state index in [9.17, 15) is 13.2 Å². The summed E-state index contributed by atoms with van der Waals surface area (Å²) in [5.74, 6) is -0.865. The molecule has 0 amide bonds. The van der Waals surface area contributed by atoms with Gasteiger partial charge in [0.15, 0.2) is 0 Å². The second-order valence-electron chi connectivity index (χ2n) is 6.43. The quantitative estimate of drug-likeness (QED) is 0.729. The molecule has 1 saturated carbocycles. The molecule has 5 nitrogen and oxygen atoms in total. The lowest BCUT2D eigenvalue weighted by molar-refractivity contribution is -0.145. The molecule has 0 spiro atoms. The van der Waals surface area contributed by atoms with Crippen LogP contribution in [0.5, 0.6) is 0 Å². The fourth-order valence-electron chi connectivity index (χ4n) is 3.83. The van der Waals surface area contributed by atoms with Gasteiger partial charge in [0.1, 0.15) is 0 Å². The monoisotopic (exact) mass is 317 g/mol. The van der Waals surface area contributed by atoms with Crippen molar-refractivity contribution in [3.63, 3.8) is 0 Å². The third-order valence-corrected chi connectivity index (χ3v) is 7.96. The molecule has 0 bridgehead atoms. The van der Waals surface area contributed by atoms with Crippen LogP contribution in [0.25, 0.3) is 0 Å². The van der Waals surface area contributed by atoms with Crippen LogP contribution in [0.2, 0.25) is 0 Å². The van der Waals surface area contributed by atoms with Crippen LogP contribution in [0.15, 0.2) is 0 Å². The summed E-state index contributed by atoms with van der Waals surface area (Å²) in [5.41, 5.74) is 0.117. The van der Waals surface area contributed by atoms with E-state index >= 15 is 0 Å². The average molecular weight is 317 g/mol. The van der Waals surface area contributed by atoms with Crippen molar-refractivity contribution in [2.45, 2.75) is 57.6 Å². The van der Waals surface area contributed by atoms with Crippen molar-refractivity contribution in [2.75, 3.05) is 20.2 Å². The third-order valence-electron chi connectivity index (χ3n) is 5.60. The molecule has 0 aromatic rings. The minimum absolute atomic E-state index is 0.117. The molecule has 2 atom stereocenters. The van der Waals surface area contributed by atoms with Gasteiger partial charge in [-0.2, -0.15) is 0 Å². The lowest BCUT2D eigenvalue weighted by Crippen LogP contribution is -2.42. The molecule has 2 unspecified atom stereocenters. The van der Waals surface area contributed by atoms with Gasteiger partial charge >= 0.3 is 5.97 Å². The Kier molecular flexibility index (Phi) is 4.98. The number of rotatable bonds is 5. The molecule has 0 aromatic carbocycles. The highest BCUT2D eigenvalue weighted by molar-refractivity contribution is 7.89. The summed E-state index contributed by atoms with van der Waals surface area (Å²) in [6, 6.07) is 0. The van der Waals surface area contributed by atoms with Gasteiger partial charge in [-0.15, -0.1) is 0 Å². The molecule has 2 aliphatic rings. The molecule has 1 heterocycles. The number of esters is 1. The summed E-state index contributed by atoms with van der Waals surface area (Å²) in [4.78, 5) is 11.8. The average Bonchev–Trinajstić information content (AvgIpc) is 3.14. The van der Waals surface area contributed by atoms with E-state index in [-0.39, 0.29) is 11.4 Å². The van der Waals surface area contributed by atoms with Gasteiger partial charge in [0.2, 0.25) is 10.0 Å². The van der Waals surface area contributed by atoms with Crippen LogP contribution in [0.3, 0.4) is 0 Å². The van der Waals surface area contributed by atoms with Crippen LogP contribution in [0, 0.1) is 11.3 Å². The van der Waals surface area contributed by atoms with Crippen molar-refractivity contribution in [3.8, 4) is 0 Å². The van der Waals surface area contributed by atoms with Crippen LogP contribution in [-0.2, 0) is 19.6 Å². The second-order valence-corrected chi connectivity index (χ2v) is 8.59. The fourth-order valence-corrected chi connectivity index (χ4v) is 6.14. The van der Waals surface area contributed by atoms with Gasteiger partial charge in [0.05, 0.1) is 18.3 Å². The van der Waals surface area contributed by atoms with Gasteiger partial charge in [-0.25, -0.2) is 12.7 Å². The molecular formula is C15H27NO4S. The molecule has 1 aliphatic carbocycles. The summed E-state index contributed by atoms with van der Waals surface area (Å²) in [5, 5.41) is -0.588. The van der Waals surface area contributed by atoms with E-state index in [1.165, 1.54) is 7.11 Å². The van der Waals surface area contributed by atoms with Crippen molar-refractivity contribution in [1.82, 2.24) is 4.31 Å². The lowest BCUT2D eigenvalue weighted by atomic mass is 9.82. The molecule has 21 heavy (non-hydrogen) atoms. The van der Waals surface area contributed by atoms with Crippen LogP contribution >= 0.6 is 0 Å².